The van der Waals surface area contributed by atoms with E-state index in [1.807, 2.05) is 6.08 Å². The first kappa shape index (κ1) is 13.3. The molecule has 100 valence electrons. The molecule has 2 N–H and O–H groups in total. The number of rotatable bonds is 2. The summed E-state index contributed by atoms with van der Waals surface area (Å²) in [6.45, 7) is 0.0490. The molecule has 1 aliphatic heterocycles. The molecule has 0 radical (unpaired) electrons. The van der Waals surface area contributed by atoms with E-state index in [1.54, 1.807) is 6.08 Å². The number of carbonyl (C=O) groups is 1. The van der Waals surface area contributed by atoms with Crippen molar-refractivity contribution in [3.05, 3.63) is 23.3 Å². The Bertz CT molecular complexity index is 385. The summed E-state index contributed by atoms with van der Waals surface area (Å²) < 4.78 is 10.0. The van der Waals surface area contributed by atoms with E-state index in [1.165, 1.54) is 7.11 Å². The van der Waals surface area contributed by atoms with Gasteiger partial charge in [-0.05, 0) is 24.5 Å². The predicted molar refractivity (Wildman–Crippen MR) is 63.4 cm³/mol. The number of fused-ring (bicyclic) bond motifs is 1. The van der Waals surface area contributed by atoms with Crippen molar-refractivity contribution >= 4 is 5.97 Å². The topological polar surface area (TPSA) is 76.0 Å². The molecular weight excluding hydrogens is 236 g/mol. The highest BCUT2D eigenvalue weighted by Crippen LogP contribution is 2.39. The van der Waals surface area contributed by atoms with Gasteiger partial charge in [0, 0.05) is 17.4 Å². The quantitative estimate of drug-likeness (QED) is 0.550. The number of allylic oxidation sites excluding steroid dienone is 1. The van der Waals surface area contributed by atoms with Crippen molar-refractivity contribution < 1.29 is 24.5 Å². The molecule has 5 nitrogen and oxygen atoms in total. The van der Waals surface area contributed by atoms with Crippen LogP contribution in [0.25, 0.3) is 0 Å². The first-order chi connectivity index (χ1) is 8.69. The molecular formula is C13H18O5. The van der Waals surface area contributed by atoms with Gasteiger partial charge in [0.25, 0.3) is 0 Å². The molecule has 0 spiro atoms. The van der Waals surface area contributed by atoms with E-state index < -0.39 is 6.29 Å². The second-order valence-electron chi connectivity index (χ2n) is 4.52. The fraction of sp³-hybridized carbons (Fsp3) is 0.615. The van der Waals surface area contributed by atoms with Crippen LogP contribution in [0.1, 0.15) is 12.8 Å². The summed E-state index contributed by atoms with van der Waals surface area (Å²) in [6, 6.07) is 0. The maximum absolute atomic E-state index is 11.8. The van der Waals surface area contributed by atoms with Gasteiger partial charge < -0.3 is 19.7 Å². The van der Waals surface area contributed by atoms with Crippen LogP contribution in [0.15, 0.2) is 23.3 Å². The molecule has 0 unspecified atom stereocenters. The van der Waals surface area contributed by atoms with Crippen LogP contribution in [0.3, 0.4) is 0 Å². The fourth-order valence-electron chi connectivity index (χ4n) is 2.77. The van der Waals surface area contributed by atoms with Gasteiger partial charge in [0.1, 0.15) is 0 Å². The molecule has 0 fully saturated rings. The van der Waals surface area contributed by atoms with Crippen molar-refractivity contribution in [3.8, 4) is 0 Å². The number of esters is 1. The van der Waals surface area contributed by atoms with Crippen LogP contribution in [0, 0.1) is 11.8 Å². The molecule has 0 aromatic carbocycles. The molecule has 2 rings (SSSR count). The maximum atomic E-state index is 11.8. The van der Waals surface area contributed by atoms with Gasteiger partial charge in [-0.25, -0.2) is 4.79 Å². The average Bonchev–Trinajstić information content (AvgIpc) is 2.57. The molecule has 0 aromatic rings. The highest BCUT2D eigenvalue weighted by Gasteiger charge is 2.39. The molecule has 5 heteroatoms. The second kappa shape index (κ2) is 5.65. The van der Waals surface area contributed by atoms with Crippen molar-refractivity contribution in [3.63, 3.8) is 0 Å². The van der Waals surface area contributed by atoms with Crippen LogP contribution in [0.5, 0.6) is 0 Å². The summed E-state index contributed by atoms with van der Waals surface area (Å²) in [7, 11) is 1.34. The van der Waals surface area contributed by atoms with Gasteiger partial charge >= 0.3 is 5.97 Å². The zero-order valence-corrected chi connectivity index (χ0v) is 10.3. The van der Waals surface area contributed by atoms with Gasteiger partial charge in [-0.15, -0.1) is 0 Å². The first-order valence-corrected chi connectivity index (χ1v) is 6.06. The van der Waals surface area contributed by atoms with Crippen LogP contribution < -0.4 is 0 Å². The van der Waals surface area contributed by atoms with Crippen LogP contribution in [-0.2, 0) is 14.3 Å². The van der Waals surface area contributed by atoms with E-state index in [0.29, 0.717) is 5.57 Å². The molecule has 1 heterocycles. The van der Waals surface area contributed by atoms with Gasteiger partial charge in [-0.3, -0.25) is 0 Å². The normalized spacial score (nSPS) is 31.8. The molecule has 0 saturated carbocycles. The van der Waals surface area contributed by atoms with E-state index in [9.17, 15) is 15.0 Å². The number of ether oxygens (including phenoxy) is 2. The Morgan fingerprint density at radius 3 is 3.00 bits per heavy atom. The lowest BCUT2D eigenvalue weighted by Crippen LogP contribution is -2.35. The lowest BCUT2D eigenvalue weighted by Gasteiger charge is -2.33. The Morgan fingerprint density at radius 1 is 1.56 bits per heavy atom. The molecule has 18 heavy (non-hydrogen) atoms. The highest BCUT2D eigenvalue weighted by atomic mass is 16.6. The third kappa shape index (κ3) is 2.34. The minimum atomic E-state index is -0.993. The average molecular weight is 254 g/mol. The SMILES string of the molecule is COC(=O)C1=CCO[C@@H](O)[C@@H]2C(CO)=CCC[C@H]12. The Kier molecular flexibility index (Phi) is 4.16. The van der Waals surface area contributed by atoms with Crippen molar-refractivity contribution in [2.75, 3.05) is 20.3 Å². The number of hydrogen-bond acceptors (Lipinski definition) is 5. The summed E-state index contributed by atoms with van der Waals surface area (Å²) >= 11 is 0. The summed E-state index contributed by atoms with van der Waals surface area (Å²) in [5.74, 6) is -0.902. The molecule has 3 atom stereocenters. The third-order valence-electron chi connectivity index (χ3n) is 3.63. The lowest BCUT2D eigenvalue weighted by atomic mass is 9.74. The number of methoxy groups -OCH3 is 1. The molecule has 1 aliphatic carbocycles. The monoisotopic (exact) mass is 254 g/mol. The van der Waals surface area contributed by atoms with E-state index in [2.05, 4.69) is 0 Å². The molecule has 0 saturated heterocycles. The summed E-state index contributed by atoms with van der Waals surface area (Å²) in [5, 5.41) is 19.3. The molecule has 0 amide bonds. The van der Waals surface area contributed by atoms with Crippen LogP contribution in [0.4, 0.5) is 0 Å². The van der Waals surface area contributed by atoms with Gasteiger partial charge in [-0.2, -0.15) is 0 Å². The summed E-state index contributed by atoms with van der Waals surface area (Å²) in [6.07, 6.45) is 4.11. The minimum absolute atomic E-state index is 0.129. The van der Waals surface area contributed by atoms with E-state index in [4.69, 9.17) is 9.47 Å². The van der Waals surface area contributed by atoms with Gasteiger partial charge in [-0.1, -0.05) is 6.08 Å². The molecule has 0 bridgehead atoms. The number of hydrogen-bond donors (Lipinski definition) is 2. The van der Waals surface area contributed by atoms with Crippen LogP contribution in [0.2, 0.25) is 0 Å². The maximum Gasteiger partial charge on any atom is 0.333 e. The molecule has 2 aliphatic rings. The standard InChI is InChI=1S/C13H18O5/c1-17-12(15)10-5-6-18-13(16)11-8(7-14)3-2-4-9(10)11/h3,5,9,11,13-14,16H,2,4,6-7H2,1H3/t9-,11-,13-/m1/s1. The van der Waals surface area contributed by atoms with Crippen LogP contribution in [-0.4, -0.2) is 42.8 Å². The zero-order valence-electron chi connectivity index (χ0n) is 10.3. The fourth-order valence-corrected chi connectivity index (χ4v) is 2.77. The Balaban J connectivity index is 2.34. The largest absolute Gasteiger partial charge is 0.466 e. The van der Waals surface area contributed by atoms with Gasteiger partial charge in [0.15, 0.2) is 6.29 Å². The molecule has 0 aromatic heterocycles. The minimum Gasteiger partial charge on any atom is -0.466 e. The van der Waals surface area contributed by atoms with Gasteiger partial charge in [0.05, 0.1) is 20.3 Å². The first-order valence-electron chi connectivity index (χ1n) is 6.06. The smallest absolute Gasteiger partial charge is 0.333 e. The zero-order chi connectivity index (χ0) is 13.1. The lowest BCUT2D eigenvalue weighted by molar-refractivity contribution is -0.138. The van der Waals surface area contributed by atoms with Gasteiger partial charge in [0.2, 0.25) is 0 Å². The number of aliphatic hydroxyl groups excluding tert-OH is 2. The highest BCUT2D eigenvalue weighted by molar-refractivity contribution is 5.89. The Labute approximate surface area is 106 Å². The van der Waals surface area contributed by atoms with Crippen molar-refractivity contribution in [1.82, 2.24) is 0 Å². The van der Waals surface area contributed by atoms with E-state index >= 15 is 0 Å². The van der Waals surface area contributed by atoms with Crippen molar-refractivity contribution in [1.29, 1.82) is 0 Å². The number of aliphatic hydroxyl groups is 2. The van der Waals surface area contributed by atoms with Crippen molar-refractivity contribution in [2.24, 2.45) is 11.8 Å². The second-order valence-corrected chi connectivity index (χ2v) is 4.52. The summed E-state index contributed by atoms with van der Waals surface area (Å²) in [5.41, 5.74) is 1.27. The summed E-state index contributed by atoms with van der Waals surface area (Å²) in [4.78, 5) is 11.8. The van der Waals surface area contributed by atoms with Crippen molar-refractivity contribution in [2.45, 2.75) is 19.1 Å². The Morgan fingerprint density at radius 2 is 2.33 bits per heavy atom. The van der Waals surface area contributed by atoms with E-state index in [-0.39, 0.29) is 31.0 Å². The Hall–Kier alpha value is -1.17. The predicted octanol–water partition coefficient (Wildman–Crippen LogP) is 0.379. The number of carbonyl (C=O) groups excluding carboxylic acids is 1. The van der Waals surface area contributed by atoms with E-state index in [0.717, 1.165) is 18.4 Å². The third-order valence-corrected chi connectivity index (χ3v) is 3.63. The van der Waals surface area contributed by atoms with Crippen LogP contribution >= 0.6 is 0 Å².